The summed E-state index contributed by atoms with van der Waals surface area (Å²) >= 11 is 1.03. The predicted octanol–water partition coefficient (Wildman–Crippen LogP) is 2.13. The molecule has 0 saturated heterocycles. The maximum atomic E-state index is 12.9. The lowest BCUT2D eigenvalue weighted by molar-refractivity contribution is -0.384. The minimum absolute atomic E-state index is 0.0681. The first kappa shape index (κ1) is 20.4. The van der Waals surface area contributed by atoms with Gasteiger partial charge in [-0.1, -0.05) is 41.7 Å². The molecule has 0 atom stereocenters. The summed E-state index contributed by atoms with van der Waals surface area (Å²) in [4.78, 5) is 39.6. The predicted molar refractivity (Wildman–Crippen MR) is 123 cm³/mol. The molecule has 0 bridgehead atoms. The number of thiazole rings is 1. The van der Waals surface area contributed by atoms with E-state index in [4.69, 9.17) is 0 Å². The van der Waals surface area contributed by atoms with Crippen molar-refractivity contribution in [2.75, 3.05) is 0 Å². The van der Waals surface area contributed by atoms with Crippen molar-refractivity contribution >= 4 is 28.1 Å². The molecule has 11 heteroatoms. The monoisotopic (exact) mass is 458 g/mol. The van der Waals surface area contributed by atoms with Crippen molar-refractivity contribution < 1.29 is 4.92 Å². The van der Waals surface area contributed by atoms with Gasteiger partial charge in [-0.2, -0.15) is 19.7 Å². The molecular weight excluding hydrogens is 444 g/mol. The largest absolute Gasteiger partial charge is 0.295 e. The van der Waals surface area contributed by atoms with Crippen molar-refractivity contribution in [2.24, 2.45) is 0 Å². The minimum atomic E-state index is -0.489. The van der Waals surface area contributed by atoms with Crippen LogP contribution >= 0.6 is 11.3 Å². The zero-order valence-electron chi connectivity index (χ0n) is 17.1. The Kier molecular flexibility index (Phi) is 4.87. The van der Waals surface area contributed by atoms with Gasteiger partial charge in [0.2, 0.25) is 4.96 Å². The van der Waals surface area contributed by atoms with E-state index in [0.717, 1.165) is 21.5 Å². The molecule has 10 nitrogen and oxygen atoms in total. The number of rotatable bonds is 4. The van der Waals surface area contributed by atoms with Gasteiger partial charge in [0.05, 0.1) is 15.1 Å². The van der Waals surface area contributed by atoms with Crippen LogP contribution in [0.15, 0.2) is 70.4 Å². The maximum Gasteiger partial charge on any atom is 0.295 e. The topological polar surface area (TPSA) is 125 Å². The van der Waals surface area contributed by atoms with Crippen LogP contribution < -0.4 is 15.7 Å². The molecule has 0 spiro atoms. The number of para-hydroxylation sites is 1. The second kappa shape index (κ2) is 7.88. The Balaban J connectivity index is 1.76. The Bertz CT molecular complexity index is 1700. The van der Waals surface area contributed by atoms with Crippen LogP contribution in [0.3, 0.4) is 0 Å². The molecule has 162 valence electrons. The Labute approximate surface area is 188 Å². The second-order valence-corrected chi connectivity index (χ2v) is 8.14. The van der Waals surface area contributed by atoms with Crippen LogP contribution in [0.4, 0.5) is 5.69 Å². The van der Waals surface area contributed by atoms with Crippen molar-refractivity contribution in [2.45, 2.75) is 6.92 Å². The van der Waals surface area contributed by atoms with Gasteiger partial charge in [-0.15, -0.1) is 0 Å². The van der Waals surface area contributed by atoms with Crippen molar-refractivity contribution in [3.05, 3.63) is 107 Å². The van der Waals surface area contributed by atoms with E-state index < -0.39 is 16.0 Å². The quantitative estimate of drug-likeness (QED) is 0.298. The number of hydrogen-bond acceptors (Lipinski definition) is 8. The molecule has 0 radical (unpaired) electrons. The first-order chi connectivity index (χ1) is 15.9. The number of nitro benzene ring substituents is 1. The molecule has 0 unspecified atom stereocenters. The van der Waals surface area contributed by atoms with E-state index in [0.29, 0.717) is 21.4 Å². The number of nitro groups is 1. The van der Waals surface area contributed by atoms with Crippen LogP contribution in [0.25, 0.3) is 28.0 Å². The Morgan fingerprint density at radius 3 is 2.61 bits per heavy atom. The molecule has 3 aromatic heterocycles. The third-order valence-corrected chi connectivity index (χ3v) is 5.88. The van der Waals surface area contributed by atoms with Gasteiger partial charge in [-0.25, -0.2) is 4.68 Å². The molecule has 3 heterocycles. The fourth-order valence-electron chi connectivity index (χ4n) is 3.32. The summed E-state index contributed by atoms with van der Waals surface area (Å²) in [7, 11) is 0. The highest BCUT2D eigenvalue weighted by atomic mass is 32.1. The highest BCUT2D eigenvalue weighted by Crippen LogP contribution is 2.27. The Morgan fingerprint density at radius 1 is 1.06 bits per heavy atom. The summed E-state index contributed by atoms with van der Waals surface area (Å²) < 4.78 is 3.04. The van der Waals surface area contributed by atoms with E-state index in [1.807, 2.05) is 30.3 Å². The van der Waals surface area contributed by atoms with Gasteiger partial charge in [0.25, 0.3) is 16.8 Å². The molecule has 5 rings (SSSR count). The Morgan fingerprint density at radius 2 is 1.85 bits per heavy atom. The lowest BCUT2D eigenvalue weighted by Crippen LogP contribution is -2.27. The normalized spacial score (nSPS) is 11.8. The summed E-state index contributed by atoms with van der Waals surface area (Å²) in [5.41, 5.74) is 1.51. The molecule has 0 aliphatic carbocycles. The third kappa shape index (κ3) is 3.70. The van der Waals surface area contributed by atoms with E-state index in [1.54, 1.807) is 29.1 Å². The maximum absolute atomic E-state index is 12.9. The first-order valence-corrected chi connectivity index (χ1v) is 10.5. The summed E-state index contributed by atoms with van der Waals surface area (Å²) in [5.74, 6) is 0. The van der Waals surface area contributed by atoms with Crippen LogP contribution in [-0.4, -0.2) is 29.3 Å². The van der Waals surface area contributed by atoms with E-state index in [-0.39, 0.29) is 16.3 Å². The first-order valence-electron chi connectivity index (χ1n) is 9.73. The fourth-order valence-corrected chi connectivity index (χ4v) is 4.22. The minimum Gasteiger partial charge on any atom is -0.266 e. The second-order valence-electron chi connectivity index (χ2n) is 7.13. The number of benzene rings is 2. The molecular formula is C22H14N6O4S. The number of non-ortho nitro benzene ring substituents is 1. The molecule has 5 aromatic rings. The standard InChI is InChI=1S/C22H14N6O4S/c1-13-20(29)23-22-27(24-13)21(30)18(33-22)11-15-12-26(16-7-3-2-4-8-16)25-19(15)14-6-5-9-17(10-14)28(31)32/h2-12H,1H3. The van der Waals surface area contributed by atoms with Crippen LogP contribution in [0.2, 0.25) is 0 Å². The number of nitrogens with zero attached hydrogens (tertiary/aromatic N) is 6. The van der Waals surface area contributed by atoms with Crippen LogP contribution in [0, 0.1) is 17.0 Å². The summed E-state index contributed by atoms with van der Waals surface area (Å²) in [5, 5.41) is 19.9. The van der Waals surface area contributed by atoms with Crippen LogP contribution in [0.1, 0.15) is 11.3 Å². The lowest BCUT2D eigenvalue weighted by Gasteiger charge is -2.00. The molecule has 0 aliphatic rings. The summed E-state index contributed by atoms with van der Waals surface area (Å²) in [6.07, 6.45) is 3.37. The van der Waals surface area contributed by atoms with E-state index >= 15 is 0 Å². The smallest absolute Gasteiger partial charge is 0.266 e. The molecule has 0 aliphatic heterocycles. The molecule has 0 saturated carbocycles. The van der Waals surface area contributed by atoms with E-state index in [9.17, 15) is 19.7 Å². The zero-order chi connectivity index (χ0) is 23.1. The van der Waals surface area contributed by atoms with Gasteiger partial charge in [-0.3, -0.25) is 19.7 Å². The van der Waals surface area contributed by atoms with Crippen LogP contribution in [-0.2, 0) is 0 Å². The molecule has 0 fully saturated rings. The van der Waals surface area contributed by atoms with Crippen molar-refractivity contribution in [1.82, 2.24) is 24.4 Å². The average Bonchev–Trinajstić information content (AvgIpc) is 3.37. The van der Waals surface area contributed by atoms with Gasteiger partial charge in [0.15, 0.2) is 0 Å². The lowest BCUT2D eigenvalue weighted by atomic mass is 10.1. The summed E-state index contributed by atoms with van der Waals surface area (Å²) in [6, 6.07) is 15.5. The molecule has 0 N–H and O–H groups in total. The molecule has 0 amide bonds. The highest BCUT2D eigenvalue weighted by Gasteiger charge is 2.16. The highest BCUT2D eigenvalue weighted by molar-refractivity contribution is 7.15. The molecule has 2 aromatic carbocycles. The van der Waals surface area contributed by atoms with Gasteiger partial charge >= 0.3 is 0 Å². The van der Waals surface area contributed by atoms with Crippen molar-refractivity contribution in [3.63, 3.8) is 0 Å². The van der Waals surface area contributed by atoms with Crippen LogP contribution in [0.5, 0.6) is 0 Å². The van der Waals surface area contributed by atoms with Gasteiger partial charge < -0.3 is 0 Å². The average molecular weight is 458 g/mol. The van der Waals surface area contributed by atoms with Gasteiger partial charge in [0, 0.05) is 29.5 Å². The Hall–Kier alpha value is -4.51. The van der Waals surface area contributed by atoms with Gasteiger partial charge in [0.1, 0.15) is 11.4 Å². The van der Waals surface area contributed by atoms with Crippen molar-refractivity contribution in [3.8, 4) is 16.9 Å². The number of aromatic nitrogens is 5. The third-order valence-electron chi connectivity index (χ3n) is 4.92. The van der Waals surface area contributed by atoms with E-state index in [2.05, 4.69) is 15.2 Å². The molecule has 33 heavy (non-hydrogen) atoms. The number of fused-ring (bicyclic) bond motifs is 1. The summed E-state index contributed by atoms with van der Waals surface area (Å²) in [6.45, 7) is 1.49. The van der Waals surface area contributed by atoms with Crippen molar-refractivity contribution in [1.29, 1.82) is 0 Å². The van der Waals surface area contributed by atoms with Gasteiger partial charge in [-0.05, 0) is 25.1 Å². The van der Waals surface area contributed by atoms with E-state index in [1.165, 1.54) is 19.1 Å². The number of hydrogen-bond donors (Lipinski definition) is 0. The fraction of sp³-hybridized carbons (Fsp3) is 0.0455. The number of aryl methyl sites for hydroxylation is 1. The zero-order valence-corrected chi connectivity index (χ0v) is 17.9. The SMILES string of the molecule is Cc1nn2c(=O)c(=Cc3cn(-c4ccccc4)nc3-c3cccc([N+](=O)[O-])c3)sc2nc1=O.